The van der Waals surface area contributed by atoms with Crippen LogP contribution in [0.3, 0.4) is 0 Å². The van der Waals surface area contributed by atoms with Gasteiger partial charge in [-0.3, -0.25) is 0 Å². The number of likely N-dealkylation sites (tertiary alicyclic amines) is 1. The molecule has 3 rings (SSSR count). The van der Waals surface area contributed by atoms with Gasteiger partial charge in [-0.15, -0.1) is 0 Å². The van der Waals surface area contributed by atoms with Crippen molar-refractivity contribution in [3.05, 3.63) is 29.6 Å². The monoisotopic (exact) mass is 292 g/mol. The van der Waals surface area contributed by atoms with Gasteiger partial charge in [-0.1, -0.05) is 0 Å². The predicted molar refractivity (Wildman–Crippen MR) is 79.3 cm³/mol. The highest BCUT2D eigenvalue weighted by Gasteiger charge is 2.34. The molecule has 1 N–H and O–H groups in total. The molecule has 114 valence electrons. The first-order valence-corrected chi connectivity index (χ1v) is 7.54. The highest BCUT2D eigenvalue weighted by atomic mass is 19.1. The maximum Gasteiger partial charge on any atom is 0.338 e. The van der Waals surface area contributed by atoms with Crippen molar-refractivity contribution in [2.45, 2.75) is 25.3 Å². The molecule has 0 aromatic heterocycles. The van der Waals surface area contributed by atoms with Crippen molar-refractivity contribution in [1.82, 2.24) is 4.90 Å². The van der Waals surface area contributed by atoms with E-state index in [1.54, 1.807) is 6.07 Å². The molecule has 0 bridgehead atoms. The summed E-state index contributed by atoms with van der Waals surface area (Å²) in [6, 6.07) is 5.08. The fourth-order valence-electron chi connectivity index (χ4n) is 3.76. The van der Waals surface area contributed by atoms with Crippen molar-refractivity contribution >= 4 is 11.7 Å². The van der Waals surface area contributed by atoms with Crippen molar-refractivity contribution < 1.29 is 14.3 Å². The van der Waals surface area contributed by atoms with Crippen LogP contribution in [-0.4, -0.2) is 48.7 Å². The molecule has 4 nitrogen and oxygen atoms in total. The van der Waals surface area contributed by atoms with Gasteiger partial charge in [-0.25, -0.2) is 9.18 Å². The van der Waals surface area contributed by atoms with Gasteiger partial charge in [0, 0.05) is 24.8 Å². The lowest BCUT2D eigenvalue weighted by Crippen LogP contribution is -2.52. The van der Waals surface area contributed by atoms with Crippen LogP contribution < -0.4 is 4.90 Å². The number of anilines is 1. The van der Waals surface area contributed by atoms with Crippen LogP contribution in [0.5, 0.6) is 0 Å². The van der Waals surface area contributed by atoms with E-state index >= 15 is 0 Å². The summed E-state index contributed by atoms with van der Waals surface area (Å²) in [6.45, 7) is 3.00. The molecule has 2 aliphatic heterocycles. The number of hydrogen-bond acceptors (Lipinski definition) is 3. The second kappa shape index (κ2) is 5.64. The summed E-state index contributed by atoms with van der Waals surface area (Å²) in [4.78, 5) is 15.5. The molecule has 2 atom stereocenters. The number of fused-ring (bicyclic) bond motifs is 1. The van der Waals surface area contributed by atoms with Gasteiger partial charge in [0.2, 0.25) is 0 Å². The van der Waals surface area contributed by atoms with Crippen LogP contribution in [0.4, 0.5) is 10.1 Å². The van der Waals surface area contributed by atoms with Gasteiger partial charge in [0.25, 0.3) is 0 Å². The molecule has 0 saturated carbocycles. The highest BCUT2D eigenvalue weighted by molar-refractivity contribution is 5.88. The number of carbonyl (C=O) groups is 1. The SMILES string of the molecule is CN1CCCC2CN(c3ccc(C(=O)O)c(F)c3)CCC21. The van der Waals surface area contributed by atoms with Crippen LogP contribution in [0.2, 0.25) is 0 Å². The minimum absolute atomic E-state index is 0.258. The van der Waals surface area contributed by atoms with Crippen LogP contribution >= 0.6 is 0 Å². The van der Waals surface area contributed by atoms with E-state index in [-0.39, 0.29) is 5.56 Å². The molecule has 0 amide bonds. The largest absolute Gasteiger partial charge is 0.478 e. The first-order valence-electron chi connectivity index (χ1n) is 7.54. The van der Waals surface area contributed by atoms with Crippen molar-refractivity contribution in [1.29, 1.82) is 0 Å². The molecule has 5 heteroatoms. The first-order chi connectivity index (χ1) is 10.1. The van der Waals surface area contributed by atoms with E-state index in [0.717, 1.165) is 25.2 Å². The van der Waals surface area contributed by atoms with Crippen molar-refractivity contribution in [3.63, 3.8) is 0 Å². The molecule has 2 heterocycles. The lowest BCUT2D eigenvalue weighted by Gasteiger charge is -2.46. The summed E-state index contributed by atoms with van der Waals surface area (Å²) in [7, 11) is 2.19. The van der Waals surface area contributed by atoms with Crippen LogP contribution in [-0.2, 0) is 0 Å². The third-order valence-electron chi connectivity index (χ3n) is 4.89. The average Bonchev–Trinajstić information content (AvgIpc) is 2.46. The second-order valence-corrected chi connectivity index (χ2v) is 6.15. The summed E-state index contributed by atoms with van der Waals surface area (Å²) in [5.74, 6) is -1.24. The van der Waals surface area contributed by atoms with Gasteiger partial charge in [-0.05, 0) is 57.0 Å². The number of carboxylic acid groups (broad SMARTS) is 1. The minimum atomic E-state index is -1.22. The van der Waals surface area contributed by atoms with Gasteiger partial charge in [0.05, 0.1) is 5.56 Å². The van der Waals surface area contributed by atoms with Crippen molar-refractivity contribution in [2.75, 3.05) is 31.6 Å². The number of nitrogens with zero attached hydrogens (tertiary/aromatic N) is 2. The second-order valence-electron chi connectivity index (χ2n) is 6.15. The number of rotatable bonds is 2. The molecule has 0 radical (unpaired) electrons. The summed E-state index contributed by atoms with van der Waals surface area (Å²) in [5.41, 5.74) is 0.537. The zero-order valence-corrected chi connectivity index (χ0v) is 12.3. The fraction of sp³-hybridized carbons (Fsp3) is 0.562. The lowest BCUT2D eigenvalue weighted by atomic mass is 9.84. The van der Waals surface area contributed by atoms with E-state index in [1.807, 2.05) is 0 Å². The number of halogens is 1. The number of carboxylic acids is 1. The van der Waals surface area contributed by atoms with Gasteiger partial charge in [0.1, 0.15) is 5.82 Å². The molecule has 2 unspecified atom stereocenters. The van der Waals surface area contributed by atoms with E-state index in [0.29, 0.717) is 12.0 Å². The van der Waals surface area contributed by atoms with E-state index in [9.17, 15) is 9.18 Å². The fourth-order valence-corrected chi connectivity index (χ4v) is 3.76. The van der Waals surface area contributed by atoms with Crippen LogP contribution in [0.25, 0.3) is 0 Å². The molecule has 1 aromatic carbocycles. The molecule has 0 spiro atoms. The standard InChI is InChI=1S/C16H21FN2O2/c1-18-7-2-3-11-10-19(8-6-15(11)18)12-4-5-13(16(20)21)14(17)9-12/h4-5,9,11,15H,2-3,6-8,10H2,1H3,(H,20,21). The minimum Gasteiger partial charge on any atom is -0.478 e. The Labute approximate surface area is 124 Å². The van der Waals surface area contributed by atoms with E-state index in [1.165, 1.54) is 31.5 Å². The zero-order valence-electron chi connectivity index (χ0n) is 12.3. The van der Waals surface area contributed by atoms with Crippen LogP contribution in [0, 0.1) is 11.7 Å². The lowest BCUT2D eigenvalue weighted by molar-refractivity contribution is 0.0692. The molecule has 21 heavy (non-hydrogen) atoms. The number of aromatic carboxylic acids is 1. The Morgan fingerprint density at radius 3 is 2.86 bits per heavy atom. The molecular weight excluding hydrogens is 271 g/mol. The van der Waals surface area contributed by atoms with Crippen LogP contribution in [0.15, 0.2) is 18.2 Å². The van der Waals surface area contributed by atoms with Gasteiger partial charge in [0.15, 0.2) is 0 Å². The average molecular weight is 292 g/mol. The topological polar surface area (TPSA) is 43.8 Å². The Kier molecular flexibility index (Phi) is 3.85. The summed E-state index contributed by atoms with van der Waals surface area (Å²) in [5, 5.41) is 8.89. The molecule has 0 aliphatic carbocycles. The van der Waals surface area contributed by atoms with E-state index < -0.39 is 11.8 Å². The van der Waals surface area contributed by atoms with Gasteiger partial charge in [-0.2, -0.15) is 0 Å². The molecule has 2 fully saturated rings. The summed E-state index contributed by atoms with van der Waals surface area (Å²) >= 11 is 0. The van der Waals surface area contributed by atoms with Crippen molar-refractivity contribution in [3.8, 4) is 0 Å². The van der Waals surface area contributed by atoms with Gasteiger partial charge < -0.3 is 14.9 Å². The van der Waals surface area contributed by atoms with E-state index in [4.69, 9.17) is 5.11 Å². The number of piperidine rings is 2. The Balaban J connectivity index is 1.76. The quantitative estimate of drug-likeness (QED) is 0.909. The molecule has 2 aliphatic rings. The Morgan fingerprint density at radius 2 is 2.14 bits per heavy atom. The normalized spacial score (nSPS) is 26.5. The summed E-state index contributed by atoms with van der Waals surface area (Å²) < 4.78 is 13.8. The molecule has 2 saturated heterocycles. The maximum atomic E-state index is 13.8. The maximum absolute atomic E-state index is 13.8. The molecule has 1 aromatic rings. The third kappa shape index (κ3) is 2.75. The van der Waals surface area contributed by atoms with Crippen molar-refractivity contribution in [2.24, 2.45) is 5.92 Å². The Hall–Kier alpha value is -1.62. The van der Waals surface area contributed by atoms with Crippen LogP contribution in [0.1, 0.15) is 29.6 Å². The Morgan fingerprint density at radius 1 is 1.33 bits per heavy atom. The third-order valence-corrected chi connectivity index (χ3v) is 4.89. The smallest absolute Gasteiger partial charge is 0.338 e. The van der Waals surface area contributed by atoms with E-state index in [2.05, 4.69) is 16.8 Å². The van der Waals surface area contributed by atoms with Gasteiger partial charge >= 0.3 is 5.97 Å². The zero-order chi connectivity index (χ0) is 15.0. The summed E-state index contributed by atoms with van der Waals surface area (Å²) in [6.07, 6.45) is 3.53. The number of benzene rings is 1. The Bertz CT molecular complexity index is 549. The molecular formula is C16H21FN2O2. The predicted octanol–water partition coefficient (Wildman–Crippen LogP) is 2.44. The first kappa shape index (κ1) is 14.3. The highest BCUT2D eigenvalue weighted by Crippen LogP contribution is 2.32. The number of hydrogen-bond donors (Lipinski definition) is 1.